The summed E-state index contributed by atoms with van der Waals surface area (Å²) in [5.41, 5.74) is 1.13. The second-order valence-corrected chi connectivity index (χ2v) is 5.66. The molecule has 0 bridgehead atoms. The number of hydrogen-bond acceptors (Lipinski definition) is 4. The average Bonchev–Trinajstić information content (AvgIpc) is 2.64. The topological polar surface area (TPSA) is 77.4 Å². The van der Waals surface area contributed by atoms with E-state index in [1.807, 2.05) is 0 Å². The predicted molar refractivity (Wildman–Crippen MR) is 92.7 cm³/mol. The van der Waals surface area contributed by atoms with Gasteiger partial charge >= 0.3 is 6.09 Å². The van der Waals surface area contributed by atoms with Gasteiger partial charge in [0, 0.05) is 45.3 Å². The zero-order valence-corrected chi connectivity index (χ0v) is 14.7. The van der Waals surface area contributed by atoms with E-state index in [1.165, 1.54) is 6.07 Å². The first kappa shape index (κ1) is 19.0. The Balaban J connectivity index is 1.88. The van der Waals surface area contributed by atoms with Gasteiger partial charge in [-0.25, -0.2) is 9.18 Å². The molecular formula is C17H25FN4O3. The van der Waals surface area contributed by atoms with Crippen molar-refractivity contribution in [2.24, 2.45) is 4.99 Å². The number of benzene rings is 1. The van der Waals surface area contributed by atoms with Crippen LogP contribution < -0.4 is 5.32 Å². The van der Waals surface area contributed by atoms with E-state index in [4.69, 9.17) is 9.84 Å². The van der Waals surface area contributed by atoms with Gasteiger partial charge in [-0.15, -0.1) is 0 Å². The molecule has 1 amide bonds. The molecular weight excluding hydrogens is 327 g/mol. The van der Waals surface area contributed by atoms with Crippen molar-refractivity contribution in [2.45, 2.75) is 20.1 Å². The van der Waals surface area contributed by atoms with Crippen LogP contribution >= 0.6 is 0 Å². The fourth-order valence-electron chi connectivity index (χ4n) is 2.69. The van der Waals surface area contributed by atoms with Gasteiger partial charge < -0.3 is 25.0 Å². The number of piperazine rings is 1. The number of amides is 1. The zero-order chi connectivity index (χ0) is 18.2. The van der Waals surface area contributed by atoms with Gasteiger partial charge in [0.2, 0.25) is 0 Å². The Hall–Kier alpha value is -2.35. The number of guanidine groups is 1. The molecule has 2 N–H and O–H groups in total. The quantitative estimate of drug-likeness (QED) is 0.628. The molecule has 0 aromatic heterocycles. The van der Waals surface area contributed by atoms with Crippen LogP contribution in [-0.2, 0) is 17.9 Å². The molecule has 0 unspecified atom stereocenters. The molecule has 1 aliphatic rings. The molecule has 1 aromatic carbocycles. The summed E-state index contributed by atoms with van der Waals surface area (Å²) in [4.78, 5) is 19.7. The van der Waals surface area contributed by atoms with E-state index >= 15 is 0 Å². The Labute approximate surface area is 147 Å². The molecule has 1 aliphatic heterocycles. The van der Waals surface area contributed by atoms with Gasteiger partial charge in [0.05, 0.1) is 13.2 Å². The van der Waals surface area contributed by atoms with Crippen LogP contribution in [0.3, 0.4) is 0 Å². The van der Waals surface area contributed by atoms with Gasteiger partial charge in [0.15, 0.2) is 5.96 Å². The SMILES string of the molecule is CCOC(=O)N1CCN(C(=NC)NCc2ccc(F)c(CO)c2)CC1. The zero-order valence-electron chi connectivity index (χ0n) is 14.7. The number of halogens is 1. The Morgan fingerprint density at radius 1 is 1.32 bits per heavy atom. The minimum Gasteiger partial charge on any atom is -0.450 e. The van der Waals surface area contributed by atoms with Crippen LogP contribution in [0.5, 0.6) is 0 Å². The third-order valence-corrected chi connectivity index (χ3v) is 4.05. The number of aliphatic imine (C=N–C) groups is 1. The summed E-state index contributed by atoms with van der Waals surface area (Å²) in [6.45, 7) is 4.76. The van der Waals surface area contributed by atoms with Crippen LogP contribution in [0, 0.1) is 5.82 Å². The van der Waals surface area contributed by atoms with Crippen molar-refractivity contribution in [3.63, 3.8) is 0 Å². The van der Waals surface area contributed by atoms with Crippen LogP contribution in [0.1, 0.15) is 18.1 Å². The maximum atomic E-state index is 13.4. The number of carbonyl (C=O) groups is 1. The minimum atomic E-state index is -0.411. The Morgan fingerprint density at radius 2 is 2.00 bits per heavy atom. The van der Waals surface area contributed by atoms with Crippen molar-refractivity contribution in [2.75, 3.05) is 39.8 Å². The molecule has 0 spiro atoms. The van der Waals surface area contributed by atoms with E-state index in [2.05, 4.69) is 15.2 Å². The minimum absolute atomic E-state index is 0.275. The summed E-state index contributed by atoms with van der Waals surface area (Å²) in [6, 6.07) is 4.66. The molecule has 25 heavy (non-hydrogen) atoms. The van der Waals surface area contributed by atoms with E-state index in [-0.39, 0.29) is 18.3 Å². The van der Waals surface area contributed by atoms with Crippen molar-refractivity contribution in [3.8, 4) is 0 Å². The van der Waals surface area contributed by atoms with Crippen molar-refractivity contribution in [1.82, 2.24) is 15.1 Å². The number of aliphatic hydroxyl groups excluding tert-OH is 1. The van der Waals surface area contributed by atoms with Crippen molar-refractivity contribution >= 4 is 12.1 Å². The number of carbonyl (C=O) groups excluding carboxylic acids is 1. The summed E-state index contributed by atoms with van der Waals surface area (Å²) in [6.07, 6.45) is -0.284. The van der Waals surface area contributed by atoms with Crippen LogP contribution in [0.15, 0.2) is 23.2 Å². The third kappa shape index (κ3) is 5.06. The molecule has 8 heteroatoms. The van der Waals surface area contributed by atoms with Crippen LogP contribution in [0.2, 0.25) is 0 Å². The lowest BCUT2D eigenvalue weighted by Crippen LogP contribution is -2.53. The van der Waals surface area contributed by atoms with E-state index in [0.717, 1.165) is 11.5 Å². The monoisotopic (exact) mass is 352 g/mol. The van der Waals surface area contributed by atoms with Gasteiger partial charge in [0.1, 0.15) is 5.82 Å². The maximum Gasteiger partial charge on any atom is 0.409 e. The molecule has 7 nitrogen and oxygen atoms in total. The first-order valence-electron chi connectivity index (χ1n) is 8.34. The molecule has 0 atom stereocenters. The lowest BCUT2D eigenvalue weighted by atomic mass is 10.1. The lowest BCUT2D eigenvalue weighted by Gasteiger charge is -2.35. The molecule has 1 fully saturated rings. The Morgan fingerprint density at radius 3 is 2.60 bits per heavy atom. The van der Waals surface area contributed by atoms with E-state index in [9.17, 15) is 9.18 Å². The third-order valence-electron chi connectivity index (χ3n) is 4.05. The summed E-state index contributed by atoms with van der Waals surface area (Å²) >= 11 is 0. The second-order valence-electron chi connectivity index (χ2n) is 5.66. The molecule has 0 aliphatic carbocycles. The Bertz CT molecular complexity index is 616. The molecule has 138 valence electrons. The van der Waals surface area contributed by atoms with Gasteiger partial charge in [-0.1, -0.05) is 6.07 Å². The van der Waals surface area contributed by atoms with E-state index in [1.54, 1.807) is 31.0 Å². The van der Waals surface area contributed by atoms with E-state index in [0.29, 0.717) is 39.3 Å². The molecule has 2 rings (SSSR count). The summed E-state index contributed by atoms with van der Waals surface area (Å²) in [7, 11) is 1.70. The highest BCUT2D eigenvalue weighted by Gasteiger charge is 2.23. The van der Waals surface area contributed by atoms with Crippen LogP contribution in [0.4, 0.5) is 9.18 Å². The maximum absolute atomic E-state index is 13.4. The molecule has 1 aromatic rings. The largest absolute Gasteiger partial charge is 0.450 e. The van der Waals surface area contributed by atoms with Gasteiger partial charge in [-0.3, -0.25) is 4.99 Å². The second kappa shape index (κ2) is 9.22. The highest BCUT2D eigenvalue weighted by Crippen LogP contribution is 2.11. The number of aliphatic hydroxyl groups is 1. The van der Waals surface area contributed by atoms with E-state index < -0.39 is 5.82 Å². The van der Waals surface area contributed by atoms with Gasteiger partial charge in [-0.05, 0) is 24.6 Å². The predicted octanol–water partition coefficient (Wildman–Crippen LogP) is 1.17. The smallest absolute Gasteiger partial charge is 0.409 e. The first-order valence-corrected chi connectivity index (χ1v) is 8.34. The highest BCUT2D eigenvalue weighted by atomic mass is 19.1. The van der Waals surface area contributed by atoms with Crippen molar-refractivity contribution in [3.05, 3.63) is 35.1 Å². The fraction of sp³-hybridized carbons (Fsp3) is 0.529. The molecule has 1 saturated heterocycles. The summed E-state index contributed by atoms with van der Waals surface area (Å²) < 4.78 is 18.4. The number of hydrogen-bond donors (Lipinski definition) is 2. The normalized spacial score (nSPS) is 15.3. The standard InChI is InChI=1S/C17H25FN4O3/c1-3-25-17(24)22-8-6-21(7-9-22)16(19-2)20-11-13-4-5-15(18)14(10-13)12-23/h4-5,10,23H,3,6-9,11-12H2,1-2H3,(H,19,20). The molecule has 0 saturated carbocycles. The summed E-state index contributed by atoms with van der Waals surface area (Å²) in [5.74, 6) is 0.309. The highest BCUT2D eigenvalue weighted by molar-refractivity contribution is 5.80. The number of nitrogens with one attached hydrogen (secondary N) is 1. The first-order chi connectivity index (χ1) is 12.1. The van der Waals surface area contributed by atoms with Crippen LogP contribution in [0.25, 0.3) is 0 Å². The van der Waals surface area contributed by atoms with Gasteiger partial charge in [0.25, 0.3) is 0 Å². The number of rotatable bonds is 4. The fourth-order valence-corrected chi connectivity index (χ4v) is 2.69. The van der Waals surface area contributed by atoms with Crippen molar-refractivity contribution in [1.29, 1.82) is 0 Å². The van der Waals surface area contributed by atoms with Crippen molar-refractivity contribution < 1.29 is 19.0 Å². The lowest BCUT2D eigenvalue weighted by molar-refractivity contribution is 0.0914. The number of ether oxygens (including phenoxy) is 1. The van der Waals surface area contributed by atoms with Crippen LogP contribution in [-0.4, -0.2) is 66.8 Å². The molecule has 1 heterocycles. The van der Waals surface area contributed by atoms with Gasteiger partial charge in [-0.2, -0.15) is 0 Å². The Kier molecular flexibility index (Phi) is 7.00. The number of nitrogens with zero attached hydrogens (tertiary/aromatic N) is 3. The molecule has 0 radical (unpaired) electrons. The average molecular weight is 352 g/mol. The summed E-state index contributed by atoms with van der Waals surface area (Å²) in [5, 5.41) is 12.4.